The summed E-state index contributed by atoms with van der Waals surface area (Å²) < 4.78 is 6.16. The fourth-order valence-corrected chi connectivity index (χ4v) is 5.94. The summed E-state index contributed by atoms with van der Waals surface area (Å²) in [7, 11) is 0. The zero-order valence-electron chi connectivity index (χ0n) is 18.7. The lowest BCUT2D eigenvalue weighted by atomic mass is 10.1. The van der Waals surface area contributed by atoms with E-state index < -0.39 is 0 Å². The number of carbonyl (C=O) groups is 2. The number of thioether (sulfide) groups is 1. The van der Waals surface area contributed by atoms with E-state index in [0.29, 0.717) is 49.4 Å². The standard InChI is InChI=1S/C23H26N6O3S2/c30-20(24-17-8-4-5-9-17)15-33-23-26-25-22(34-23)29-12-10-28(11-13-29)21(31)18-14-19(32-27-18)16-6-2-1-3-7-16/h1-3,6-7,14,17H,4-5,8-13,15H2,(H,24,30). The van der Waals surface area contributed by atoms with Gasteiger partial charge in [-0.15, -0.1) is 10.2 Å². The Morgan fingerprint density at radius 1 is 1.09 bits per heavy atom. The molecule has 3 aromatic rings. The maximum atomic E-state index is 12.9. The number of nitrogens with one attached hydrogen (secondary N) is 1. The second-order valence-corrected chi connectivity index (χ2v) is 10.6. The molecule has 0 spiro atoms. The highest BCUT2D eigenvalue weighted by atomic mass is 32.2. The molecule has 1 saturated carbocycles. The van der Waals surface area contributed by atoms with Crippen LogP contribution in [0.3, 0.4) is 0 Å². The van der Waals surface area contributed by atoms with Crippen LogP contribution in [0.25, 0.3) is 11.3 Å². The normalized spacial score (nSPS) is 16.7. The smallest absolute Gasteiger partial charge is 0.276 e. The molecule has 11 heteroatoms. The lowest BCUT2D eigenvalue weighted by Crippen LogP contribution is -2.48. The molecule has 0 atom stereocenters. The summed E-state index contributed by atoms with van der Waals surface area (Å²) in [5.41, 5.74) is 1.21. The molecule has 178 valence electrons. The third-order valence-corrected chi connectivity index (χ3v) is 8.19. The number of rotatable bonds is 7. The van der Waals surface area contributed by atoms with Gasteiger partial charge >= 0.3 is 0 Å². The Balaban J connectivity index is 1.10. The van der Waals surface area contributed by atoms with Gasteiger partial charge in [0.25, 0.3) is 5.91 Å². The third kappa shape index (κ3) is 5.41. The number of hydrogen-bond acceptors (Lipinski definition) is 9. The average Bonchev–Trinajstić information content (AvgIpc) is 3.65. The minimum absolute atomic E-state index is 0.0593. The maximum absolute atomic E-state index is 12.9. The summed E-state index contributed by atoms with van der Waals surface area (Å²) in [6.07, 6.45) is 4.56. The molecule has 1 aliphatic heterocycles. The van der Waals surface area contributed by atoms with Crippen molar-refractivity contribution in [2.75, 3.05) is 36.8 Å². The topological polar surface area (TPSA) is 104 Å². The van der Waals surface area contributed by atoms with E-state index in [-0.39, 0.29) is 11.8 Å². The molecule has 0 unspecified atom stereocenters. The van der Waals surface area contributed by atoms with Crippen LogP contribution in [0.4, 0.5) is 5.13 Å². The van der Waals surface area contributed by atoms with E-state index in [1.807, 2.05) is 30.3 Å². The Labute approximate surface area is 205 Å². The molecule has 2 aliphatic rings. The first-order valence-electron chi connectivity index (χ1n) is 11.5. The fraction of sp³-hybridized carbons (Fsp3) is 0.435. The number of benzene rings is 1. The van der Waals surface area contributed by atoms with Gasteiger partial charge in [0.05, 0.1) is 5.75 Å². The highest BCUT2D eigenvalue weighted by molar-refractivity contribution is 8.01. The Bertz CT molecular complexity index is 1120. The van der Waals surface area contributed by atoms with E-state index >= 15 is 0 Å². The molecule has 2 fully saturated rings. The predicted molar refractivity (Wildman–Crippen MR) is 131 cm³/mol. The number of hydrogen-bond donors (Lipinski definition) is 1. The van der Waals surface area contributed by atoms with Crippen LogP contribution >= 0.6 is 23.1 Å². The quantitative estimate of drug-likeness (QED) is 0.495. The molecular weight excluding hydrogens is 472 g/mol. The monoisotopic (exact) mass is 498 g/mol. The number of nitrogens with zero attached hydrogens (tertiary/aromatic N) is 5. The minimum atomic E-state index is -0.132. The minimum Gasteiger partial charge on any atom is -0.355 e. The van der Waals surface area contributed by atoms with Crippen LogP contribution in [-0.2, 0) is 4.79 Å². The van der Waals surface area contributed by atoms with E-state index in [1.165, 1.54) is 35.9 Å². The van der Waals surface area contributed by atoms with Gasteiger partial charge in [-0.1, -0.05) is 71.4 Å². The van der Waals surface area contributed by atoms with Crippen molar-refractivity contribution in [2.24, 2.45) is 0 Å². The van der Waals surface area contributed by atoms with E-state index in [9.17, 15) is 9.59 Å². The van der Waals surface area contributed by atoms with Gasteiger partial charge < -0.3 is 19.6 Å². The Morgan fingerprint density at radius 3 is 2.62 bits per heavy atom. The van der Waals surface area contributed by atoms with Gasteiger partial charge in [0, 0.05) is 43.9 Å². The van der Waals surface area contributed by atoms with Crippen LogP contribution in [0.2, 0.25) is 0 Å². The first kappa shape index (κ1) is 22.9. The highest BCUT2D eigenvalue weighted by Gasteiger charge is 2.26. The van der Waals surface area contributed by atoms with Crippen molar-refractivity contribution in [3.8, 4) is 11.3 Å². The zero-order chi connectivity index (χ0) is 23.3. The first-order chi connectivity index (χ1) is 16.7. The maximum Gasteiger partial charge on any atom is 0.276 e. The molecule has 0 bridgehead atoms. The van der Waals surface area contributed by atoms with Crippen molar-refractivity contribution >= 4 is 40.0 Å². The van der Waals surface area contributed by atoms with Crippen LogP contribution in [0, 0.1) is 0 Å². The highest BCUT2D eigenvalue weighted by Crippen LogP contribution is 2.29. The molecule has 2 amide bonds. The van der Waals surface area contributed by atoms with Crippen molar-refractivity contribution < 1.29 is 14.1 Å². The van der Waals surface area contributed by atoms with Crippen molar-refractivity contribution in [3.05, 3.63) is 42.1 Å². The Hall–Kier alpha value is -2.92. The predicted octanol–water partition coefficient (Wildman–Crippen LogP) is 3.31. The number of anilines is 1. The molecule has 1 aliphatic carbocycles. The lowest BCUT2D eigenvalue weighted by Gasteiger charge is -2.33. The van der Waals surface area contributed by atoms with Crippen LogP contribution in [-0.4, -0.2) is 70.0 Å². The van der Waals surface area contributed by atoms with Gasteiger partial charge in [0.15, 0.2) is 15.8 Å². The average molecular weight is 499 g/mol. The van der Waals surface area contributed by atoms with E-state index in [2.05, 4.69) is 25.6 Å². The summed E-state index contributed by atoms with van der Waals surface area (Å²) in [6, 6.07) is 11.6. The molecule has 9 nitrogen and oxygen atoms in total. The fourth-order valence-electron chi connectivity index (χ4n) is 4.23. The Kier molecular flexibility index (Phi) is 7.10. The number of amides is 2. The van der Waals surface area contributed by atoms with E-state index in [1.54, 1.807) is 11.0 Å². The van der Waals surface area contributed by atoms with Gasteiger partial charge in [-0.05, 0) is 12.8 Å². The summed E-state index contributed by atoms with van der Waals surface area (Å²) in [5.74, 6) is 0.866. The largest absolute Gasteiger partial charge is 0.355 e. The summed E-state index contributed by atoms with van der Waals surface area (Å²) in [5, 5.41) is 16.4. The van der Waals surface area contributed by atoms with Crippen molar-refractivity contribution in [2.45, 2.75) is 36.1 Å². The van der Waals surface area contributed by atoms with Crippen molar-refractivity contribution in [1.29, 1.82) is 0 Å². The second kappa shape index (κ2) is 10.6. The van der Waals surface area contributed by atoms with Gasteiger partial charge in [-0.25, -0.2) is 0 Å². The van der Waals surface area contributed by atoms with Gasteiger partial charge in [-0.3, -0.25) is 9.59 Å². The second-order valence-electron chi connectivity index (χ2n) is 8.41. The van der Waals surface area contributed by atoms with Gasteiger partial charge in [0.1, 0.15) is 0 Å². The van der Waals surface area contributed by atoms with E-state index in [4.69, 9.17) is 4.52 Å². The van der Waals surface area contributed by atoms with Crippen molar-refractivity contribution in [3.63, 3.8) is 0 Å². The summed E-state index contributed by atoms with van der Waals surface area (Å²) >= 11 is 2.91. The van der Waals surface area contributed by atoms with Gasteiger partial charge in [0.2, 0.25) is 11.0 Å². The van der Waals surface area contributed by atoms with Crippen LogP contribution in [0.1, 0.15) is 36.2 Å². The first-order valence-corrected chi connectivity index (χ1v) is 13.3. The van der Waals surface area contributed by atoms with E-state index in [0.717, 1.165) is 27.9 Å². The molecular formula is C23H26N6O3S2. The van der Waals surface area contributed by atoms with Crippen LogP contribution in [0.15, 0.2) is 45.3 Å². The molecule has 1 saturated heterocycles. The number of aromatic nitrogens is 3. The molecule has 2 aromatic heterocycles. The summed E-state index contributed by atoms with van der Waals surface area (Å²) in [6.45, 7) is 2.46. The molecule has 5 rings (SSSR count). The lowest BCUT2D eigenvalue weighted by molar-refractivity contribution is -0.119. The van der Waals surface area contributed by atoms with Crippen LogP contribution in [0.5, 0.6) is 0 Å². The number of piperazine rings is 1. The molecule has 34 heavy (non-hydrogen) atoms. The van der Waals surface area contributed by atoms with Crippen LogP contribution < -0.4 is 10.2 Å². The molecule has 1 aromatic carbocycles. The van der Waals surface area contributed by atoms with Crippen molar-refractivity contribution in [1.82, 2.24) is 25.6 Å². The molecule has 0 radical (unpaired) electrons. The number of carbonyl (C=O) groups excluding carboxylic acids is 2. The Morgan fingerprint density at radius 2 is 1.85 bits per heavy atom. The molecule has 1 N–H and O–H groups in total. The molecule has 3 heterocycles. The zero-order valence-corrected chi connectivity index (χ0v) is 20.3. The SMILES string of the molecule is O=C(CSc1nnc(N2CCN(C(=O)c3cc(-c4ccccc4)on3)CC2)s1)NC1CCCC1. The van der Waals surface area contributed by atoms with Gasteiger partial charge in [-0.2, -0.15) is 0 Å². The third-order valence-electron chi connectivity index (χ3n) is 6.07. The summed E-state index contributed by atoms with van der Waals surface area (Å²) in [4.78, 5) is 28.9.